The van der Waals surface area contributed by atoms with E-state index in [0.29, 0.717) is 39.3 Å². The topological polar surface area (TPSA) is 74.8 Å². The van der Waals surface area contributed by atoms with Crippen LogP contribution in [0, 0.1) is 0 Å². The van der Waals surface area contributed by atoms with Gasteiger partial charge in [0, 0.05) is 34.6 Å². The van der Waals surface area contributed by atoms with Crippen molar-refractivity contribution in [3.8, 4) is 0 Å². The number of nitrogens with one attached hydrogen (secondary N) is 2. The van der Waals surface area contributed by atoms with Crippen molar-refractivity contribution >= 4 is 40.5 Å². The molecule has 0 saturated carbocycles. The van der Waals surface area contributed by atoms with E-state index in [1.165, 1.54) is 6.20 Å². The average Bonchev–Trinajstić information content (AvgIpc) is 2.90. The number of aromatic nitrogens is 2. The molecule has 0 radical (unpaired) electrons. The third-order valence-electron chi connectivity index (χ3n) is 3.09. The highest BCUT2D eigenvalue weighted by molar-refractivity contribution is 6.31. The van der Waals surface area contributed by atoms with E-state index in [1.807, 2.05) is 0 Å². The molecular formula is C15H10ClN3O2. The molecule has 0 spiro atoms. The SMILES string of the molecule is O=CNc1cccc(C(=O)c2c[nH]c3ncc(Cl)cc23)c1. The van der Waals surface area contributed by atoms with Crippen LogP contribution in [0.25, 0.3) is 11.0 Å². The fourth-order valence-electron chi connectivity index (χ4n) is 2.14. The number of nitrogens with zero attached hydrogens (tertiary/aromatic N) is 1. The molecule has 0 fully saturated rings. The zero-order valence-corrected chi connectivity index (χ0v) is 11.5. The van der Waals surface area contributed by atoms with E-state index in [1.54, 1.807) is 36.5 Å². The lowest BCUT2D eigenvalue weighted by molar-refractivity contribution is -0.105. The van der Waals surface area contributed by atoms with Gasteiger partial charge in [0.2, 0.25) is 6.41 Å². The molecule has 5 nitrogen and oxygen atoms in total. The molecule has 6 heteroatoms. The Kier molecular flexibility index (Phi) is 3.41. The summed E-state index contributed by atoms with van der Waals surface area (Å²) in [5.74, 6) is -0.167. The lowest BCUT2D eigenvalue weighted by Gasteiger charge is -2.03. The van der Waals surface area contributed by atoms with Crippen LogP contribution in [0.3, 0.4) is 0 Å². The number of rotatable bonds is 4. The van der Waals surface area contributed by atoms with Gasteiger partial charge in [0.05, 0.1) is 5.02 Å². The van der Waals surface area contributed by atoms with E-state index < -0.39 is 0 Å². The number of carbonyl (C=O) groups excluding carboxylic acids is 2. The molecule has 0 bridgehead atoms. The largest absolute Gasteiger partial charge is 0.345 e. The number of amides is 1. The molecule has 0 atom stereocenters. The van der Waals surface area contributed by atoms with Gasteiger partial charge >= 0.3 is 0 Å². The smallest absolute Gasteiger partial charge is 0.211 e. The van der Waals surface area contributed by atoms with Crippen molar-refractivity contribution in [3.05, 3.63) is 58.9 Å². The predicted octanol–water partition coefficient (Wildman–Crippen LogP) is 3.02. The van der Waals surface area contributed by atoms with Gasteiger partial charge in [-0.1, -0.05) is 23.7 Å². The summed E-state index contributed by atoms with van der Waals surface area (Å²) in [5.41, 5.74) is 2.13. The van der Waals surface area contributed by atoms with Crippen molar-refractivity contribution in [1.82, 2.24) is 9.97 Å². The molecule has 104 valence electrons. The van der Waals surface area contributed by atoms with Gasteiger partial charge in [-0.3, -0.25) is 9.59 Å². The Bertz CT molecular complexity index is 842. The molecule has 1 aromatic carbocycles. The van der Waals surface area contributed by atoms with Crippen LogP contribution in [0.4, 0.5) is 5.69 Å². The standard InChI is InChI=1S/C15H10ClN3O2/c16-10-5-12-13(7-18-15(12)17-6-10)14(21)9-2-1-3-11(4-9)19-8-20/h1-8H,(H,17,18)(H,19,20). The maximum absolute atomic E-state index is 12.6. The highest BCUT2D eigenvalue weighted by Gasteiger charge is 2.15. The number of halogens is 1. The van der Waals surface area contributed by atoms with Gasteiger partial charge in [0.15, 0.2) is 5.78 Å². The number of hydrogen-bond donors (Lipinski definition) is 2. The van der Waals surface area contributed by atoms with Crippen molar-refractivity contribution in [2.75, 3.05) is 5.32 Å². The molecule has 0 aliphatic heterocycles. The summed E-state index contributed by atoms with van der Waals surface area (Å²) in [4.78, 5) is 30.1. The van der Waals surface area contributed by atoms with Crippen LogP contribution in [0.1, 0.15) is 15.9 Å². The number of hydrogen-bond acceptors (Lipinski definition) is 3. The first-order chi connectivity index (χ1) is 10.2. The molecule has 2 N–H and O–H groups in total. The van der Waals surface area contributed by atoms with Crippen molar-refractivity contribution in [2.45, 2.75) is 0 Å². The van der Waals surface area contributed by atoms with Gasteiger partial charge in [0.25, 0.3) is 0 Å². The zero-order chi connectivity index (χ0) is 14.8. The van der Waals surface area contributed by atoms with E-state index in [0.717, 1.165) is 0 Å². The van der Waals surface area contributed by atoms with Gasteiger partial charge in [-0.2, -0.15) is 0 Å². The number of H-pyrrole nitrogens is 1. The number of aromatic amines is 1. The summed E-state index contributed by atoms with van der Waals surface area (Å²) < 4.78 is 0. The maximum atomic E-state index is 12.6. The summed E-state index contributed by atoms with van der Waals surface area (Å²) in [6, 6.07) is 8.42. The Morgan fingerprint density at radius 2 is 2.19 bits per heavy atom. The Morgan fingerprint density at radius 3 is 3.00 bits per heavy atom. The van der Waals surface area contributed by atoms with E-state index in [2.05, 4.69) is 15.3 Å². The molecule has 3 rings (SSSR count). The minimum absolute atomic E-state index is 0.167. The van der Waals surface area contributed by atoms with Crippen LogP contribution in [0.15, 0.2) is 42.7 Å². The van der Waals surface area contributed by atoms with Crippen LogP contribution in [-0.2, 0) is 4.79 Å². The second kappa shape index (κ2) is 5.38. The van der Waals surface area contributed by atoms with Crippen molar-refractivity contribution < 1.29 is 9.59 Å². The first-order valence-corrected chi connectivity index (χ1v) is 6.54. The highest BCUT2D eigenvalue weighted by Crippen LogP contribution is 2.23. The molecule has 21 heavy (non-hydrogen) atoms. The third kappa shape index (κ3) is 2.51. The van der Waals surface area contributed by atoms with Gasteiger partial charge < -0.3 is 10.3 Å². The summed E-state index contributed by atoms with van der Waals surface area (Å²) in [5, 5.41) is 3.65. The molecular weight excluding hydrogens is 290 g/mol. The van der Waals surface area contributed by atoms with Crippen LogP contribution < -0.4 is 5.32 Å². The molecule has 1 amide bonds. The lowest BCUT2D eigenvalue weighted by Crippen LogP contribution is -2.02. The van der Waals surface area contributed by atoms with E-state index in [9.17, 15) is 9.59 Å². The number of fused-ring (bicyclic) bond motifs is 1. The van der Waals surface area contributed by atoms with Crippen molar-refractivity contribution in [1.29, 1.82) is 0 Å². The van der Waals surface area contributed by atoms with Gasteiger partial charge in [0.1, 0.15) is 5.65 Å². The molecule has 0 aliphatic rings. The average molecular weight is 300 g/mol. The van der Waals surface area contributed by atoms with Gasteiger partial charge in [-0.25, -0.2) is 4.98 Å². The second-order valence-corrected chi connectivity index (χ2v) is 4.86. The fraction of sp³-hybridized carbons (Fsp3) is 0. The van der Waals surface area contributed by atoms with Gasteiger partial charge in [-0.05, 0) is 18.2 Å². The summed E-state index contributed by atoms with van der Waals surface area (Å²) in [6.07, 6.45) is 3.69. The molecule has 3 aromatic rings. The van der Waals surface area contributed by atoms with Crippen LogP contribution in [0.5, 0.6) is 0 Å². The number of ketones is 1. The Morgan fingerprint density at radius 1 is 1.33 bits per heavy atom. The Labute approximate surface area is 125 Å². The van der Waals surface area contributed by atoms with E-state index in [4.69, 9.17) is 11.6 Å². The molecule has 0 aliphatic carbocycles. The zero-order valence-electron chi connectivity index (χ0n) is 10.8. The van der Waals surface area contributed by atoms with Crippen molar-refractivity contribution in [3.63, 3.8) is 0 Å². The number of carbonyl (C=O) groups is 2. The van der Waals surface area contributed by atoms with Crippen LogP contribution in [0.2, 0.25) is 5.02 Å². The van der Waals surface area contributed by atoms with E-state index in [-0.39, 0.29) is 5.78 Å². The monoisotopic (exact) mass is 299 g/mol. The fourth-order valence-corrected chi connectivity index (χ4v) is 2.30. The van der Waals surface area contributed by atoms with Gasteiger partial charge in [-0.15, -0.1) is 0 Å². The maximum Gasteiger partial charge on any atom is 0.211 e. The highest BCUT2D eigenvalue weighted by atomic mass is 35.5. The number of pyridine rings is 1. The van der Waals surface area contributed by atoms with Crippen LogP contribution >= 0.6 is 11.6 Å². The number of benzene rings is 1. The van der Waals surface area contributed by atoms with E-state index >= 15 is 0 Å². The van der Waals surface area contributed by atoms with Crippen LogP contribution in [-0.4, -0.2) is 22.2 Å². The minimum atomic E-state index is -0.167. The molecule has 2 aromatic heterocycles. The summed E-state index contributed by atoms with van der Waals surface area (Å²) in [6.45, 7) is 0. The lowest BCUT2D eigenvalue weighted by atomic mass is 10.0. The number of anilines is 1. The van der Waals surface area contributed by atoms with Crippen molar-refractivity contribution in [2.24, 2.45) is 0 Å². The predicted molar refractivity (Wildman–Crippen MR) is 80.7 cm³/mol. The molecule has 2 heterocycles. The molecule has 0 unspecified atom stereocenters. The third-order valence-corrected chi connectivity index (χ3v) is 3.30. The Hall–Kier alpha value is -2.66. The molecule has 0 saturated heterocycles. The quantitative estimate of drug-likeness (QED) is 0.574. The minimum Gasteiger partial charge on any atom is -0.345 e. The normalized spacial score (nSPS) is 10.5. The Balaban J connectivity index is 2.06. The second-order valence-electron chi connectivity index (χ2n) is 4.42. The summed E-state index contributed by atoms with van der Waals surface area (Å²) >= 11 is 5.93. The first-order valence-electron chi connectivity index (χ1n) is 6.16. The summed E-state index contributed by atoms with van der Waals surface area (Å²) in [7, 11) is 0. The first kappa shape index (κ1) is 13.3.